The van der Waals surface area contributed by atoms with Crippen LogP contribution in [-0.4, -0.2) is 61.6 Å². The number of hydrogen-bond acceptors (Lipinski definition) is 4. The molecule has 0 spiro atoms. The van der Waals surface area contributed by atoms with Crippen molar-refractivity contribution < 1.29 is 19.1 Å². The van der Waals surface area contributed by atoms with Crippen molar-refractivity contribution in [3.8, 4) is 5.75 Å². The molecule has 26 heavy (non-hydrogen) atoms. The molecule has 1 fully saturated rings. The summed E-state index contributed by atoms with van der Waals surface area (Å²) >= 11 is 0. The Morgan fingerprint density at radius 2 is 1.88 bits per heavy atom. The Kier molecular flexibility index (Phi) is 6.64. The molecular formula is C20H30N2O4. The lowest BCUT2D eigenvalue weighted by Gasteiger charge is -2.26. The first-order valence-corrected chi connectivity index (χ1v) is 8.93. The molecule has 0 saturated carbocycles. The van der Waals surface area contributed by atoms with Crippen LogP contribution in [0.25, 0.3) is 0 Å². The minimum atomic E-state index is -0.208. The van der Waals surface area contributed by atoms with Gasteiger partial charge >= 0.3 is 0 Å². The summed E-state index contributed by atoms with van der Waals surface area (Å²) in [5.74, 6) is 0.670. The molecule has 1 heterocycles. The number of nitrogens with zero attached hydrogens (tertiary/aromatic N) is 2. The van der Waals surface area contributed by atoms with Gasteiger partial charge in [0.15, 0.2) is 0 Å². The molecule has 0 aromatic heterocycles. The molecule has 1 aromatic carbocycles. The van der Waals surface area contributed by atoms with E-state index in [0.29, 0.717) is 26.1 Å². The van der Waals surface area contributed by atoms with Gasteiger partial charge in [-0.25, -0.2) is 0 Å². The van der Waals surface area contributed by atoms with Gasteiger partial charge in [-0.2, -0.15) is 0 Å². The van der Waals surface area contributed by atoms with E-state index < -0.39 is 0 Å². The minimum Gasteiger partial charge on any atom is -0.496 e. The first-order valence-electron chi connectivity index (χ1n) is 8.93. The average molecular weight is 362 g/mol. The highest BCUT2D eigenvalue weighted by Gasteiger charge is 2.32. The van der Waals surface area contributed by atoms with E-state index in [0.717, 1.165) is 11.3 Å². The van der Waals surface area contributed by atoms with Crippen LogP contribution in [0.4, 0.5) is 0 Å². The lowest BCUT2D eigenvalue weighted by molar-refractivity contribution is -0.140. The zero-order chi connectivity index (χ0) is 19.3. The molecule has 1 aliphatic rings. The van der Waals surface area contributed by atoms with Gasteiger partial charge in [-0.05, 0) is 11.5 Å². The third kappa shape index (κ3) is 5.46. The van der Waals surface area contributed by atoms with Crippen molar-refractivity contribution in [1.29, 1.82) is 0 Å². The predicted molar refractivity (Wildman–Crippen MR) is 99.9 cm³/mol. The summed E-state index contributed by atoms with van der Waals surface area (Å²) in [6.07, 6.45) is 0.198. The van der Waals surface area contributed by atoms with Crippen LogP contribution in [0, 0.1) is 5.41 Å². The Bertz CT molecular complexity index is 639. The number of benzene rings is 1. The van der Waals surface area contributed by atoms with Gasteiger partial charge in [-0.15, -0.1) is 0 Å². The third-order valence-electron chi connectivity index (χ3n) is 4.45. The number of ether oxygens (including phenoxy) is 2. The largest absolute Gasteiger partial charge is 0.496 e. The van der Waals surface area contributed by atoms with Crippen LogP contribution in [0.15, 0.2) is 24.3 Å². The van der Waals surface area contributed by atoms with Crippen molar-refractivity contribution in [3.63, 3.8) is 0 Å². The molecule has 144 valence electrons. The lowest BCUT2D eigenvalue weighted by Crippen LogP contribution is -2.40. The standard InChI is InChI=1S/C20H30N2O4/c1-20(2,3)10-18(23)22-13-16(25-4)12-21(19(24)14-22)11-15-8-6-7-9-17(15)26-5/h6-9,16H,10-14H2,1-5H3. The van der Waals surface area contributed by atoms with Gasteiger partial charge in [0.25, 0.3) is 0 Å². The van der Waals surface area contributed by atoms with Gasteiger partial charge in [-0.3, -0.25) is 9.59 Å². The van der Waals surface area contributed by atoms with E-state index in [4.69, 9.17) is 9.47 Å². The SMILES string of the molecule is COc1ccccc1CN1CC(OC)CN(C(=O)CC(C)(C)C)CC1=O. The molecule has 0 bridgehead atoms. The molecule has 0 aliphatic carbocycles. The number of hydrogen-bond donors (Lipinski definition) is 0. The molecule has 2 rings (SSSR count). The summed E-state index contributed by atoms with van der Waals surface area (Å²) in [4.78, 5) is 28.8. The second kappa shape index (κ2) is 8.54. The van der Waals surface area contributed by atoms with Crippen LogP contribution < -0.4 is 4.74 Å². The fraction of sp³-hybridized carbons (Fsp3) is 0.600. The Labute approximate surface area is 156 Å². The fourth-order valence-electron chi connectivity index (χ4n) is 3.08. The molecular weight excluding hydrogens is 332 g/mol. The predicted octanol–water partition coefficient (Wildman–Crippen LogP) is 2.32. The van der Waals surface area contributed by atoms with E-state index in [1.807, 2.05) is 45.0 Å². The first kappa shape index (κ1) is 20.2. The Morgan fingerprint density at radius 1 is 1.19 bits per heavy atom. The highest BCUT2D eigenvalue weighted by atomic mass is 16.5. The maximum atomic E-state index is 12.8. The van der Waals surface area contributed by atoms with Crippen molar-refractivity contribution in [3.05, 3.63) is 29.8 Å². The number of carbonyl (C=O) groups is 2. The minimum absolute atomic E-state index is 0.00737. The van der Waals surface area contributed by atoms with Crippen LogP contribution >= 0.6 is 0 Å². The van der Waals surface area contributed by atoms with Crippen molar-refractivity contribution in [1.82, 2.24) is 9.80 Å². The number of methoxy groups -OCH3 is 2. The normalized spacial score (nSPS) is 18.7. The summed E-state index contributed by atoms with van der Waals surface area (Å²) in [5.41, 5.74) is 0.819. The van der Waals surface area contributed by atoms with Gasteiger partial charge in [0.05, 0.1) is 19.8 Å². The topological polar surface area (TPSA) is 59.1 Å². The van der Waals surface area contributed by atoms with Crippen molar-refractivity contribution in [2.45, 2.75) is 39.8 Å². The van der Waals surface area contributed by atoms with Gasteiger partial charge in [0.1, 0.15) is 5.75 Å². The maximum absolute atomic E-state index is 12.8. The quantitative estimate of drug-likeness (QED) is 0.807. The molecule has 0 N–H and O–H groups in total. The van der Waals surface area contributed by atoms with E-state index in [1.54, 1.807) is 24.0 Å². The van der Waals surface area contributed by atoms with Crippen LogP contribution in [-0.2, 0) is 20.9 Å². The molecule has 1 saturated heterocycles. The van der Waals surface area contributed by atoms with Crippen molar-refractivity contribution >= 4 is 11.8 Å². The second-order valence-electron chi connectivity index (χ2n) is 7.96. The van der Waals surface area contributed by atoms with Gasteiger partial charge in [0, 0.05) is 38.7 Å². The maximum Gasteiger partial charge on any atom is 0.242 e. The summed E-state index contributed by atoms with van der Waals surface area (Å²) in [5, 5.41) is 0. The third-order valence-corrected chi connectivity index (χ3v) is 4.45. The first-order chi connectivity index (χ1) is 12.2. The zero-order valence-electron chi connectivity index (χ0n) is 16.4. The van der Waals surface area contributed by atoms with Crippen molar-refractivity contribution in [2.75, 3.05) is 33.9 Å². The highest BCUT2D eigenvalue weighted by Crippen LogP contribution is 2.23. The van der Waals surface area contributed by atoms with Crippen LogP contribution in [0.5, 0.6) is 5.75 Å². The van der Waals surface area contributed by atoms with E-state index >= 15 is 0 Å². The van der Waals surface area contributed by atoms with Gasteiger partial charge < -0.3 is 19.3 Å². The molecule has 1 aliphatic heterocycles. The number of rotatable bonds is 5. The van der Waals surface area contributed by atoms with E-state index in [2.05, 4.69) is 0 Å². The van der Waals surface area contributed by atoms with Crippen molar-refractivity contribution in [2.24, 2.45) is 5.41 Å². The molecule has 1 aromatic rings. The number of carbonyl (C=O) groups excluding carboxylic acids is 2. The smallest absolute Gasteiger partial charge is 0.242 e. The fourth-order valence-corrected chi connectivity index (χ4v) is 3.08. The summed E-state index contributed by atoms with van der Waals surface area (Å²) in [7, 11) is 3.24. The van der Waals surface area contributed by atoms with Crippen LogP contribution in [0.1, 0.15) is 32.8 Å². The summed E-state index contributed by atoms with van der Waals surface area (Å²) < 4.78 is 10.9. The monoisotopic (exact) mass is 362 g/mol. The van der Waals surface area contributed by atoms with E-state index in [9.17, 15) is 9.59 Å². The van der Waals surface area contributed by atoms with Crippen LogP contribution in [0.3, 0.4) is 0 Å². The lowest BCUT2D eigenvalue weighted by atomic mass is 9.91. The van der Waals surface area contributed by atoms with Gasteiger partial charge in [-0.1, -0.05) is 39.0 Å². The molecule has 6 nitrogen and oxygen atoms in total. The number of para-hydroxylation sites is 1. The molecule has 0 radical (unpaired) electrons. The zero-order valence-corrected chi connectivity index (χ0v) is 16.4. The van der Waals surface area contributed by atoms with E-state index in [-0.39, 0.29) is 29.9 Å². The molecule has 1 atom stereocenters. The summed E-state index contributed by atoms with van der Waals surface area (Å²) in [6, 6.07) is 7.65. The van der Waals surface area contributed by atoms with Crippen LogP contribution in [0.2, 0.25) is 0 Å². The van der Waals surface area contributed by atoms with Gasteiger partial charge in [0.2, 0.25) is 11.8 Å². The summed E-state index contributed by atoms with van der Waals surface area (Å²) in [6.45, 7) is 7.46. The molecule has 1 unspecified atom stereocenters. The Hall–Kier alpha value is -2.08. The average Bonchev–Trinajstić information content (AvgIpc) is 2.73. The molecule has 2 amide bonds. The Morgan fingerprint density at radius 3 is 2.50 bits per heavy atom. The molecule has 6 heteroatoms. The number of amides is 2. The highest BCUT2D eigenvalue weighted by molar-refractivity contribution is 5.85. The second-order valence-corrected chi connectivity index (χ2v) is 7.96. The Balaban J connectivity index is 2.15. The van der Waals surface area contributed by atoms with E-state index in [1.165, 1.54) is 0 Å².